The Morgan fingerprint density at radius 3 is 1.85 bits per heavy atom. The first-order valence-corrected chi connectivity index (χ1v) is 6.24. The van der Waals surface area contributed by atoms with Crippen molar-refractivity contribution in [2.24, 2.45) is 11.5 Å². The van der Waals surface area contributed by atoms with E-state index in [4.69, 9.17) is 10.2 Å². The molecular formula is C12H20N4O2S2. The average molecular weight is 316 g/mol. The Hall–Kier alpha value is -1.90. The zero-order chi connectivity index (χ0) is 16.0. The van der Waals surface area contributed by atoms with Crippen LogP contribution in [-0.2, 0) is 0 Å². The van der Waals surface area contributed by atoms with E-state index in [9.17, 15) is 0 Å². The van der Waals surface area contributed by atoms with Crippen molar-refractivity contribution < 1.29 is 10.2 Å². The summed E-state index contributed by atoms with van der Waals surface area (Å²) in [6, 6.07) is 10.3. The third kappa shape index (κ3) is 16.1. The fraction of sp³-hybridized carbons (Fsp3) is 0.167. The van der Waals surface area contributed by atoms with Gasteiger partial charge in [0.2, 0.25) is 0 Å². The van der Waals surface area contributed by atoms with Gasteiger partial charge in [0.05, 0.1) is 0 Å². The second-order valence-electron chi connectivity index (χ2n) is 3.24. The van der Waals surface area contributed by atoms with Crippen LogP contribution < -0.4 is 16.8 Å². The molecule has 20 heavy (non-hydrogen) atoms. The number of aliphatic hydroxyl groups is 2. The molecule has 1 heterocycles. The van der Waals surface area contributed by atoms with E-state index in [-0.39, 0.29) is 0 Å². The summed E-state index contributed by atoms with van der Waals surface area (Å²) in [6.45, 7) is 0. The van der Waals surface area contributed by atoms with Crippen LogP contribution in [0.25, 0.3) is 10.9 Å². The van der Waals surface area contributed by atoms with Gasteiger partial charge in [-0.05, 0) is 56.1 Å². The molecule has 0 atom stereocenters. The van der Waals surface area contributed by atoms with Crippen molar-refractivity contribution in [1.29, 1.82) is 0 Å². The molecule has 2 rings (SSSR count). The maximum atomic E-state index is 7.56. The van der Waals surface area contributed by atoms with Crippen LogP contribution >= 0.6 is 24.4 Å². The van der Waals surface area contributed by atoms with Crippen LogP contribution in [0, 0.1) is 0 Å². The molecule has 0 aliphatic rings. The van der Waals surface area contributed by atoms with Crippen molar-refractivity contribution in [3.8, 4) is 0 Å². The highest BCUT2D eigenvalue weighted by atomic mass is 32.1. The molecule has 0 radical (unpaired) electrons. The molecule has 0 saturated carbocycles. The molecule has 0 saturated heterocycles. The number of H-pyrrole nitrogens is 1. The molecule has 8 heteroatoms. The van der Waals surface area contributed by atoms with Crippen molar-refractivity contribution in [3.63, 3.8) is 0 Å². The third-order valence-electron chi connectivity index (χ3n) is 1.46. The fourth-order valence-electron chi connectivity index (χ4n) is 0.995. The number of nitrogens with one attached hydrogen (secondary N) is 2. The number of aromatic nitrogens is 1. The Morgan fingerprint density at radius 1 is 1.05 bits per heavy atom. The first-order valence-electron chi connectivity index (χ1n) is 5.42. The largest absolute Gasteiger partial charge is 0.487 e. The Labute approximate surface area is 128 Å². The van der Waals surface area contributed by atoms with Gasteiger partial charge in [0.25, 0.3) is 10.3 Å². The van der Waals surface area contributed by atoms with Crippen LogP contribution in [0.2, 0.25) is 0 Å². The van der Waals surface area contributed by atoms with Crippen molar-refractivity contribution in [1.82, 2.24) is 10.3 Å². The molecule has 0 spiro atoms. The van der Waals surface area contributed by atoms with Gasteiger partial charge in [-0.3, -0.25) is 0 Å². The monoisotopic (exact) mass is 316 g/mol. The number of fused-ring (bicyclic) bond motifs is 1. The Balaban J connectivity index is 0. The van der Waals surface area contributed by atoms with Crippen LogP contribution in [0.3, 0.4) is 0 Å². The summed E-state index contributed by atoms with van der Waals surface area (Å²) >= 11 is 7.74. The number of thiocarbonyl (C=S) groups is 2. The van der Waals surface area contributed by atoms with Crippen LogP contribution in [-0.4, -0.2) is 39.6 Å². The molecule has 0 bridgehead atoms. The summed E-state index contributed by atoms with van der Waals surface area (Å²) in [5, 5.41) is 18.2. The van der Waals surface area contributed by atoms with E-state index in [0.29, 0.717) is 0 Å². The van der Waals surface area contributed by atoms with E-state index < -0.39 is 10.3 Å². The minimum Gasteiger partial charge on any atom is -0.487 e. The van der Waals surface area contributed by atoms with Crippen LogP contribution in [0.4, 0.5) is 0 Å². The first kappa shape index (κ1) is 20.4. The van der Waals surface area contributed by atoms with E-state index >= 15 is 0 Å². The Kier molecular flexibility index (Phi) is 13.8. The smallest absolute Gasteiger partial charge is 0.251 e. The lowest BCUT2D eigenvalue weighted by Crippen LogP contribution is -2.03. The van der Waals surface area contributed by atoms with Gasteiger partial charge in [-0.1, -0.05) is 18.2 Å². The molecule has 112 valence electrons. The lowest BCUT2D eigenvalue weighted by Gasteiger charge is -1.83. The maximum Gasteiger partial charge on any atom is 0.251 e. The number of benzene rings is 1. The van der Waals surface area contributed by atoms with Gasteiger partial charge in [0.15, 0.2) is 0 Å². The standard InChI is InChI=1S/C8H7N.C2H7N.2CH3NOS/c1-2-4-8-7(3-1)5-6-9-8;1-3-2;2*2-1(3)4/h1-6,9H;3H,1-2H3;2*(H3,2,3,4). The van der Waals surface area contributed by atoms with Gasteiger partial charge >= 0.3 is 0 Å². The predicted molar refractivity (Wildman–Crippen MR) is 92.1 cm³/mol. The van der Waals surface area contributed by atoms with Gasteiger partial charge in [-0.2, -0.15) is 0 Å². The molecule has 0 aliphatic carbocycles. The van der Waals surface area contributed by atoms with E-state index in [0.717, 1.165) is 0 Å². The molecular weight excluding hydrogens is 296 g/mol. The van der Waals surface area contributed by atoms with Crippen molar-refractivity contribution in [2.45, 2.75) is 0 Å². The number of aromatic amines is 1. The zero-order valence-corrected chi connectivity index (χ0v) is 13.0. The summed E-state index contributed by atoms with van der Waals surface area (Å²) in [6.07, 6.45) is 1.95. The number of para-hydroxylation sites is 1. The van der Waals surface area contributed by atoms with E-state index in [1.165, 1.54) is 10.9 Å². The highest BCUT2D eigenvalue weighted by Gasteiger charge is 1.86. The summed E-state index contributed by atoms with van der Waals surface area (Å²) < 4.78 is 0. The number of hydrogen-bond acceptors (Lipinski definition) is 3. The highest BCUT2D eigenvalue weighted by molar-refractivity contribution is 7.80. The van der Waals surface area contributed by atoms with Crippen LogP contribution in [0.15, 0.2) is 36.5 Å². The summed E-state index contributed by atoms with van der Waals surface area (Å²) in [7, 11) is 3.75. The first-order chi connectivity index (χ1) is 9.34. The zero-order valence-electron chi connectivity index (χ0n) is 11.3. The number of rotatable bonds is 0. The summed E-state index contributed by atoms with van der Waals surface area (Å²) in [5.74, 6) is 0. The van der Waals surface area contributed by atoms with Crippen molar-refractivity contribution >= 4 is 45.7 Å². The maximum absolute atomic E-state index is 7.56. The second kappa shape index (κ2) is 13.5. The normalized spacial score (nSPS) is 7.90. The lowest BCUT2D eigenvalue weighted by molar-refractivity contribution is 0.559. The Bertz CT molecular complexity index is 453. The van der Waals surface area contributed by atoms with Gasteiger partial charge in [0.1, 0.15) is 0 Å². The van der Waals surface area contributed by atoms with E-state index in [2.05, 4.69) is 64.4 Å². The predicted octanol–water partition coefficient (Wildman–Crippen LogP) is 1.58. The fourth-order valence-corrected chi connectivity index (χ4v) is 0.995. The van der Waals surface area contributed by atoms with Gasteiger partial charge in [0, 0.05) is 11.7 Å². The summed E-state index contributed by atoms with van der Waals surface area (Å²) in [5.41, 5.74) is 10.0. The third-order valence-corrected chi connectivity index (χ3v) is 1.46. The van der Waals surface area contributed by atoms with E-state index in [1.807, 2.05) is 32.4 Å². The average Bonchev–Trinajstić information content (AvgIpc) is 2.76. The molecule has 0 fully saturated rings. The van der Waals surface area contributed by atoms with Gasteiger partial charge in [-0.15, -0.1) is 0 Å². The van der Waals surface area contributed by atoms with E-state index in [1.54, 1.807) is 0 Å². The highest BCUT2D eigenvalue weighted by Crippen LogP contribution is 2.09. The van der Waals surface area contributed by atoms with Crippen LogP contribution in [0.1, 0.15) is 0 Å². The molecule has 0 unspecified atom stereocenters. The number of hydrogen-bond donors (Lipinski definition) is 6. The summed E-state index contributed by atoms with van der Waals surface area (Å²) in [4.78, 5) is 3.12. The van der Waals surface area contributed by atoms with Gasteiger partial charge in [-0.25, -0.2) is 0 Å². The molecule has 1 aromatic carbocycles. The molecule has 8 N–H and O–H groups in total. The molecule has 6 nitrogen and oxygen atoms in total. The number of nitrogens with two attached hydrogens (primary N) is 2. The molecule has 1 aromatic heterocycles. The van der Waals surface area contributed by atoms with Crippen LogP contribution in [0.5, 0.6) is 0 Å². The second-order valence-corrected chi connectivity index (χ2v) is 4.08. The SMILES string of the molecule is CNC.NC(O)=S.NC(O)=S.c1ccc2[nH]ccc2c1. The van der Waals surface area contributed by atoms with Gasteiger partial charge < -0.3 is 32.0 Å². The minimum atomic E-state index is -0.500. The molecule has 0 aliphatic heterocycles. The molecule has 0 amide bonds. The minimum absolute atomic E-state index is 0.500. The quantitative estimate of drug-likeness (QED) is 0.408. The van der Waals surface area contributed by atoms with Crippen molar-refractivity contribution in [2.75, 3.05) is 14.1 Å². The number of aliphatic hydroxyl groups excluding tert-OH is 2. The topological polar surface area (TPSA) is 120 Å². The van der Waals surface area contributed by atoms with Crippen molar-refractivity contribution in [3.05, 3.63) is 36.5 Å². The Morgan fingerprint density at radius 2 is 1.45 bits per heavy atom. The lowest BCUT2D eigenvalue weighted by atomic mass is 10.3. The molecule has 2 aromatic rings.